The fourth-order valence-corrected chi connectivity index (χ4v) is 1.58. The number of alkyl halides is 1. The van der Waals surface area contributed by atoms with Crippen molar-refractivity contribution < 1.29 is 9.53 Å². The third-order valence-electron chi connectivity index (χ3n) is 2.48. The van der Waals surface area contributed by atoms with E-state index in [4.69, 9.17) is 16.3 Å². The Hall–Kier alpha value is -1.06. The number of ether oxygens (including phenoxy) is 1. The summed E-state index contributed by atoms with van der Waals surface area (Å²) in [5, 5.41) is 0. The second-order valence-corrected chi connectivity index (χ2v) is 4.02. The van der Waals surface area contributed by atoms with Crippen LogP contribution < -0.4 is 0 Å². The van der Waals surface area contributed by atoms with Crippen LogP contribution in [0, 0.1) is 0 Å². The predicted molar refractivity (Wildman–Crippen MR) is 69.5 cm³/mol. The van der Waals surface area contributed by atoms with Gasteiger partial charge in [0.05, 0.1) is 6.61 Å². The zero-order valence-corrected chi connectivity index (χ0v) is 11.0. The molecule has 0 atom stereocenters. The largest absolute Gasteiger partial charge is 0.380 e. The van der Waals surface area contributed by atoms with Gasteiger partial charge < -0.3 is 9.64 Å². The molecule has 3 nitrogen and oxygen atoms in total. The van der Waals surface area contributed by atoms with Gasteiger partial charge in [-0.15, -0.1) is 11.6 Å². The van der Waals surface area contributed by atoms with Crippen molar-refractivity contribution in [3.05, 3.63) is 35.4 Å². The molecular formula is C13H18ClNO2. The molecule has 0 radical (unpaired) electrons. The summed E-state index contributed by atoms with van der Waals surface area (Å²) in [5.74, 6) is 0.472. The molecule has 0 fully saturated rings. The third kappa shape index (κ3) is 4.36. The molecule has 0 aromatic heterocycles. The molecule has 1 aromatic rings. The Morgan fingerprint density at radius 1 is 1.35 bits per heavy atom. The lowest BCUT2D eigenvalue weighted by Crippen LogP contribution is -2.30. The van der Waals surface area contributed by atoms with Gasteiger partial charge in [-0.25, -0.2) is 0 Å². The first kappa shape index (κ1) is 14.0. The van der Waals surface area contributed by atoms with E-state index in [1.165, 1.54) is 0 Å². The van der Waals surface area contributed by atoms with Crippen LogP contribution in [0.2, 0.25) is 0 Å². The Bertz CT molecular complexity index is 351. The minimum atomic E-state index is 0.00539. The zero-order valence-electron chi connectivity index (χ0n) is 10.3. The van der Waals surface area contributed by atoms with Crippen molar-refractivity contribution >= 4 is 17.5 Å². The van der Waals surface area contributed by atoms with Crippen molar-refractivity contribution in [1.29, 1.82) is 0 Å². The minimum absolute atomic E-state index is 0.00539. The summed E-state index contributed by atoms with van der Waals surface area (Å²) in [6.07, 6.45) is 0. The smallest absolute Gasteiger partial charge is 0.253 e. The Labute approximate surface area is 107 Å². The predicted octanol–water partition coefficient (Wildman–Crippen LogP) is 2.53. The number of hydrogen-bond acceptors (Lipinski definition) is 2. The van der Waals surface area contributed by atoms with Crippen molar-refractivity contribution in [2.75, 3.05) is 26.8 Å². The van der Waals surface area contributed by atoms with Gasteiger partial charge >= 0.3 is 0 Å². The summed E-state index contributed by atoms with van der Waals surface area (Å²) >= 11 is 5.69. The number of amides is 1. The van der Waals surface area contributed by atoms with Gasteiger partial charge in [-0.2, -0.15) is 0 Å². The Balaban J connectivity index is 2.55. The third-order valence-corrected chi connectivity index (χ3v) is 2.79. The van der Waals surface area contributed by atoms with Crippen LogP contribution in [0.3, 0.4) is 0 Å². The summed E-state index contributed by atoms with van der Waals surface area (Å²) < 4.78 is 5.22. The molecule has 0 aliphatic carbocycles. The molecule has 1 rings (SSSR count). The van der Waals surface area contributed by atoms with E-state index < -0.39 is 0 Å². The maximum atomic E-state index is 12.0. The van der Waals surface area contributed by atoms with Crippen LogP contribution in [0.5, 0.6) is 0 Å². The van der Waals surface area contributed by atoms with Crippen LogP contribution in [0.1, 0.15) is 22.8 Å². The SMILES string of the molecule is CCOCCN(C)C(=O)c1ccc(CCl)cc1. The van der Waals surface area contributed by atoms with Gasteiger partial charge in [-0.1, -0.05) is 12.1 Å². The fourth-order valence-electron chi connectivity index (χ4n) is 1.40. The highest BCUT2D eigenvalue weighted by atomic mass is 35.5. The molecule has 0 unspecified atom stereocenters. The minimum Gasteiger partial charge on any atom is -0.380 e. The van der Waals surface area contributed by atoms with Gasteiger partial charge in [0.15, 0.2) is 0 Å². The molecule has 1 aromatic carbocycles. The number of halogens is 1. The van der Waals surface area contributed by atoms with Crippen molar-refractivity contribution in [3.8, 4) is 0 Å². The molecule has 94 valence electrons. The van der Waals surface area contributed by atoms with E-state index >= 15 is 0 Å². The number of hydrogen-bond donors (Lipinski definition) is 0. The lowest BCUT2D eigenvalue weighted by atomic mass is 10.1. The van der Waals surface area contributed by atoms with Gasteiger partial charge in [0.25, 0.3) is 5.91 Å². The zero-order chi connectivity index (χ0) is 12.7. The first-order chi connectivity index (χ1) is 8.19. The average molecular weight is 256 g/mol. The normalized spacial score (nSPS) is 10.3. The molecule has 0 spiro atoms. The summed E-state index contributed by atoms with van der Waals surface area (Å²) in [6.45, 7) is 3.78. The first-order valence-electron chi connectivity index (χ1n) is 5.67. The summed E-state index contributed by atoms with van der Waals surface area (Å²) in [4.78, 5) is 13.6. The number of nitrogens with zero attached hydrogens (tertiary/aromatic N) is 1. The van der Waals surface area contributed by atoms with E-state index in [1.54, 1.807) is 24.1 Å². The number of carbonyl (C=O) groups excluding carboxylic acids is 1. The van der Waals surface area contributed by atoms with E-state index in [9.17, 15) is 4.79 Å². The number of rotatable bonds is 6. The van der Waals surface area contributed by atoms with Crippen LogP contribution >= 0.6 is 11.6 Å². The Morgan fingerprint density at radius 2 is 2.00 bits per heavy atom. The van der Waals surface area contributed by atoms with Crippen LogP contribution in [0.4, 0.5) is 0 Å². The highest BCUT2D eigenvalue weighted by Gasteiger charge is 2.10. The van der Waals surface area contributed by atoms with Crippen molar-refractivity contribution in [1.82, 2.24) is 4.90 Å². The fraction of sp³-hybridized carbons (Fsp3) is 0.462. The second-order valence-electron chi connectivity index (χ2n) is 3.75. The lowest BCUT2D eigenvalue weighted by molar-refractivity contribution is 0.0710. The lowest BCUT2D eigenvalue weighted by Gasteiger charge is -2.17. The Kier molecular flexibility index (Phi) is 6.01. The highest BCUT2D eigenvalue weighted by molar-refractivity contribution is 6.17. The second kappa shape index (κ2) is 7.30. The maximum Gasteiger partial charge on any atom is 0.253 e. The number of benzene rings is 1. The van der Waals surface area contributed by atoms with Crippen molar-refractivity contribution in [2.45, 2.75) is 12.8 Å². The molecule has 0 aliphatic heterocycles. The average Bonchev–Trinajstić information content (AvgIpc) is 2.38. The molecular weight excluding hydrogens is 238 g/mol. The summed E-state index contributed by atoms with van der Waals surface area (Å²) in [7, 11) is 1.77. The molecule has 0 saturated heterocycles. The van der Waals surface area contributed by atoms with E-state index in [-0.39, 0.29) is 5.91 Å². The first-order valence-corrected chi connectivity index (χ1v) is 6.20. The highest BCUT2D eigenvalue weighted by Crippen LogP contribution is 2.08. The van der Waals surface area contributed by atoms with Gasteiger partial charge in [0.2, 0.25) is 0 Å². The van der Waals surface area contributed by atoms with E-state index in [0.717, 1.165) is 5.56 Å². The molecule has 1 amide bonds. The van der Waals surface area contributed by atoms with E-state index in [1.807, 2.05) is 19.1 Å². The number of carbonyl (C=O) groups is 1. The van der Waals surface area contributed by atoms with Crippen LogP contribution in [0.15, 0.2) is 24.3 Å². The summed E-state index contributed by atoms with van der Waals surface area (Å²) in [5.41, 5.74) is 1.69. The van der Waals surface area contributed by atoms with Gasteiger partial charge in [0.1, 0.15) is 0 Å². The van der Waals surface area contributed by atoms with Gasteiger partial charge in [-0.05, 0) is 24.6 Å². The molecule has 17 heavy (non-hydrogen) atoms. The molecule has 0 saturated carbocycles. The molecule has 0 N–H and O–H groups in total. The quantitative estimate of drug-likeness (QED) is 0.578. The number of likely N-dealkylation sites (N-methyl/N-ethyl adjacent to an activating group) is 1. The molecule has 0 aliphatic rings. The molecule has 0 bridgehead atoms. The van der Waals surface area contributed by atoms with E-state index in [0.29, 0.717) is 31.2 Å². The van der Waals surface area contributed by atoms with Gasteiger partial charge in [0, 0.05) is 31.6 Å². The maximum absolute atomic E-state index is 12.0. The van der Waals surface area contributed by atoms with Crippen LogP contribution in [-0.2, 0) is 10.6 Å². The monoisotopic (exact) mass is 255 g/mol. The van der Waals surface area contributed by atoms with Gasteiger partial charge in [-0.3, -0.25) is 4.79 Å². The topological polar surface area (TPSA) is 29.5 Å². The summed E-state index contributed by atoms with van der Waals surface area (Å²) in [6, 6.07) is 7.35. The van der Waals surface area contributed by atoms with E-state index in [2.05, 4.69) is 0 Å². The molecule has 0 heterocycles. The van der Waals surface area contributed by atoms with Crippen LogP contribution in [-0.4, -0.2) is 37.6 Å². The van der Waals surface area contributed by atoms with Crippen LogP contribution in [0.25, 0.3) is 0 Å². The Morgan fingerprint density at radius 3 is 2.53 bits per heavy atom. The standard InChI is InChI=1S/C13H18ClNO2/c1-3-17-9-8-15(2)13(16)12-6-4-11(10-14)5-7-12/h4-7H,3,8-10H2,1-2H3. The van der Waals surface area contributed by atoms with Crippen molar-refractivity contribution in [3.63, 3.8) is 0 Å². The van der Waals surface area contributed by atoms with Crippen molar-refractivity contribution in [2.24, 2.45) is 0 Å². The molecule has 4 heteroatoms.